The van der Waals surface area contributed by atoms with Gasteiger partial charge in [0, 0.05) is 23.9 Å². The monoisotopic (exact) mass is 349 g/mol. The number of nitrogens with zero attached hydrogens (tertiary/aromatic N) is 3. The molecule has 26 heavy (non-hydrogen) atoms. The molecule has 0 radical (unpaired) electrons. The molecule has 132 valence electrons. The van der Waals surface area contributed by atoms with E-state index in [2.05, 4.69) is 20.7 Å². The quantitative estimate of drug-likeness (QED) is 0.761. The maximum absolute atomic E-state index is 12.4. The van der Waals surface area contributed by atoms with Gasteiger partial charge in [0.2, 0.25) is 0 Å². The predicted octanol–water partition coefficient (Wildman–Crippen LogP) is 3.13. The van der Waals surface area contributed by atoms with Crippen molar-refractivity contribution in [3.8, 4) is 17.1 Å². The summed E-state index contributed by atoms with van der Waals surface area (Å²) in [5.74, 6) is 1.47. The number of benzene rings is 2. The van der Waals surface area contributed by atoms with Crippen molar-refractivity contribution < 1.29 is 9.53 Å². The Bertz CT molecular complexity index is 935. The van der Waals surface area contributed by atoms with E-state index >= 15 is 0 Å². The average Bonchev–Trinajstić information content (AvgIpc) is 3.19. The number of para-hydroxylation sites is 1. The number of carbonyl (C=O) groups is 1. The predicted molar refractivity (Wildman–Crippen MR) is 97.9 cm³/mol. The molecule has 2 amide bonds. The summed E-state index contributed by atoms with van der Waals surface area (Å²) in [7, 11) is 1.82. The number of anilines is 1. The number of amides is 2. The first-order valence-electron chi connectivity index (χ1n) is 8.39. The minimum absolute atomic E-state index is 0.115. The SMILES string of the molecule is C[C@@H]1Oc2ccccc2[C@H]1NC(=O)Nc1ccc(-c2ncn(C)n2)cc1. The van der Waals surface area contributed by atoms with Crippen molar-refractivity contribution in [2.45, 2.75) is 19.1 Å². The lowest BCUT2D eigenvalue weighted by atomic mass is 10.1. The third-order valence-corrected chi connectivity index (χ3v) is 4.32. The smallest absolute Gasteiger partial charge is 0.319 e. The minimum atomic E-state index is -0.272. The van der Waals surface area contributed by atoms with Crippen LogP contribution in [0.1, 0.15) is 18.5 Å². The molecular weight excluding hydrogens is 330 g/mol. The Morgan fingerprint density at radius 2 is 1.92 bits per heavy atom. The van der Waals surface area contributed by atoms with Crippen molar-refractivity contribution in [1.29, 1.82) is 0 Å². The zero-order valence-corrected chi connectivity index (χ0v) is 14.5. The summed E-state index contributed by atoms with van der Waals surface area (Å²) in [5.41, 5.74) is 2.58. The van der Waals surface area contributed by atoms with Gasteiger partial charge in [-0.15, -0.1) is 0 Å². The number of carbonyl (C=O) groups excluding carboxylic acids is 1. The minimum Gasteiger partial charge on any atom is -0.488 e. The van der Waals surface area contributed by atoms with Crippen LogP contribution in [0, 0.1) is 0 Å². The van der Waals surface area contributed by atoms with Gasteiger partial charge in [0.15, 0.2) is 5.82 Å². The number of aryl methyl sites for hydroxylation is 1. The number of rotatable bonds is 3. The summed E-state index contributed by atoms with van der Waals surface area (Å²) in [6, 6.07) is 14.7. The summed E-state index contributed by atoms with van der Waals surface area (Å²) in [6.07, 6.45) is 1.54. The Morgan fingerprint density at radius 1 is 1.15 bits per heavy atom. The van der Waals surface area contributed by atoms with Crippen LogP contribution >= 0.6 is 0 Å². The molecule has 0 bridgehead atoms. The van der Waals surface area contributed by atoms with Crippen LogP contribution in [0.5, 0.6) is 5.75 Å². The molecule has 0 saturated heterocycles. The molecule has 1 aromatic heterocycles. The van der Waals surface area contributed by atoms with E-state index in [1.807, 2.05) is 62.5 Å². The van der Waals surface area contributed by atoms with Gasteiger partial charge in [0.05, 0.1) is 6.04 Å². The number of ether oxygens (including phenoxy) is 1. The summed E-state index contributed by atoms with van der Waals surface area (Å²) >= 11 is 0. The maximum Gasteiger partial charge on any atom is 0.319 e. The molecule has 0 unspecified atom stereocenters. The van der Waals surface area contributed by atoms with E-state index < -0.39 is 0 Å². The molecule has 0 saturated carbocycles. The van der Waals surface area contributed by atoms with E-state index in [0.717, 1.165) is 16.9 Å². The molecule has 2 aromatic carbocycles. The molecule has 0 fully saturated rings. The summed E-state index contributed by atoms with van der Waals surface area (Å²) < 4.78 is 7.43. The van der Waals surface area contributed by atoms with E-state index in [4.69, 9.17) is 4.74 Å². The highest BCUT2D eigenvalue weighted by Crippen LogP contribution is 2.36. The highest BCUT2D eigenvalue weighted by atomic mass is 16.5. The van der Waals surface area contributed by atoms with Crippen LogP contribution < -0.4 is 15.4 Å². The largest absolute Gasteiger partial charge is 0.488 e. The van der Waals surface area contributed by atoms with Crippen LogP contribution in [-0.2, 0) is 7.05 Å². The van der Waals surface area contributed by atoms with Crippen molar-refractivity contribution in [1.82, 2.24) is 20.1 Å². The number of fused-ring (bicyclic) bond motifs is 1. The van der Waals surface area contributed by atoms with Crippen LogP contribution in [0.4, 0.5) is 10.5 Å². The molecule has 2 N–H and O–H groups in total. The second-order valence-electron chi connectivity index (χ2n) is 6.26. The Morgan fingerprint density at radius 3 is 2.65 bits per heavy atom. The molecule has 3 aromatic rings. The molecule has 2 heterocycles. The van der Waals surface area contributed by atoms with Crippen molar-refractivity contribution in [2.75, 3.05) is 5.32 Å². The zero-order chi connectivity index (χ0) is 18.1. The van der Waals surface area contributed by atoms with Gasteiger partial charge in [-0.05, 0) is 37.3 Å². The van der Waals surface area contributed by atoms with Crippen molar-refractivity contribution in [3.63, 3.8) is 0 Å². The topological polar surface area (TPSA) is 81.1 Å². The number of nitrogens with one attached hydrogen (secondary N) is 2. The van der Waals surface area contributed by atoms with Gasteiger partial charge in [0.1, 0.15) is 18.2 Å². The molecule has 1 aliphatic rings. The fourth-order valence-electron chi connectivity index (χ4n) is 3.04. The Labute approximate surface area is 151 Å². The van der Waals surface area contributed by atoms with E-state index in [9.17, 15) is 4.79 Å². The summed E-state index contributed by atoms with van der Waals surface area (Å²) in [6.45, 7) is 1.94. The maximum atomic E-state index is 12.4. The normalized spacial score (nSPS) is 18.1. The first kappa shape index (κ1) is 16.1. The van der Waals surface area contributed by atoms with Crippen molar-refractivity contribution >= 4 is 11.7 Å². The highest BCUT2D eigenvalue weighted by Gasteiger charge is 2.31. The lowest BCUT2D eigenvalue weighted by Crippen LogP contribution is -2.36. The second-order valence-corrected chi connectivity index (χ2v) is 6.26. The van der Waals surface area contributed by atoms with Crippen molar-refractivity contribution in [3.05, 3.63) is 60.4 Å². The number of hydrogen-bond donors (Lipinski definition) is 2. The summed E-state index contributed by atoms with van der Waals surface area (Å²) in [5, 5.41) is 10.1. The van der Waals surface area contributed by atoms with Gasteiger partial charge in [0.25, 0.3) is 0 Å². The van der Waals surface area contributed by atoms with Gasteiger partial charge in [-0.2, -0.15) is 5.10 Å². The number of hydrogen-bond acceptors (Lipinski definition) is 4. The van der Waals surface area contributed by atoms with E-state index in [0.29, 0.717) is 11.5 Å². The molecular formula is C19H19N5O2. The van der Waals surface area contributed by atoms with Crippen LogP contribution in [0.3, 0.4) is 0 Å². The molecule has 0 spiro atoms. The lowest BCUT2D eigenvalue weighted by molar-refractivity contribution is 0.204. The number of aromatic nitrogens is 3. The molecule has 7 heteroatoms. The lowest BCUT2D eigenvalue weighted by Gasteiger charge is -2.17. The van der Waals surface area contributed by atoms with Gasteiger partial charge in [-0.25, -0.2) is 9.78 Å². The Kier molecular flexibility index (Phi) is 4.04. The van der Waals surface area contributed by atoms with Gasteiger partial charge < -0.3 is 15.4 Å². The molecule has 7 nitrogen and oxygen atoms in total. The first-order chi connectivity index (χ1) is 12.6. The Hall–Kier alpha value is -3.35. The van der Waals surface area contributed by atoms with Crippen LogP contribution in [0.15, 0.2) is 54.9 Å². The van der Waals surface area contributed by atoms with E-state index in [1.165, 1.54) is 0 Å². The van der Waals surface area contributed by atoms with E-state index in [-0.39, 0.29) is 18.2 Å². The van der Waals surface area contributed by atoms with Gasteiger partial charge in [-0.3, -0.25) is 4.68 Å². The molecule has 0 aliphatic carbocycles. The van der Waals surface area contributed by atoms with Crippen LogP contribution in [0.25, 0.3) is 11.4 Å². The van der Waals surface area contributed by atoms with Crippen molar-refractivity contribution in [2.24, 2.45) is 7.05 Å². The fourth-order valence-corrected chi connectivity index (χ4v) is 3.04. The third-order valence-electron chi connectivity index (χ3n) is 4.32. The molecule has 1 aliphatic heterocycles. The molecule has 2 atom stereocenters. The van der Waals surface area contributed by atoms with Gasteiger partial charge in [-0.1, -0.05) is 18.2 Å². The standard InChI is InChI=1S/C19H19N5O2/c1-12-17(15-5-3-4-6-16(15)26-12)22-19(25)21-14-9-7-13(8-10-14)18-20-11-24(2)23-18/h3-12,17H,1-2H3,(H2,21,22,25)/t12-,17-/m0/s1. The molecule has 4 rings (SSSR count). The highest BCUT2D eigenvalue weighted by molar-refractivity contribution is 5.90. The second kappa shape index (κ2) is 6.51. The van der Waals surface area contributed by atoms with Crippen LogP contribution in [0.2, 0.25) is 0 Å². The fraction of sp³-hybridized carbons (Fsp3) is 0.211. The van der Waals surface area contributed by atoms with Gasteiger partial charge >= 0.3 is 6.03 Å². The zero-order valence-electron chi connectivity index (χ0n) is 14.5. The first-order valence-corrected chi connectivity index (χ1v) is 8.39. The Balaban J connectivity index is 1.42. The van der Waals surface area contributed by atoms with Crippen LogP contribution in [-0.4, -0.2) is 26.9 Å². The third kappa shape index (κ3) is 3.11. The van der Waals surface area contributed by atoms with E-state index in [1.54, 1.807) is 11.0 Å². The average molecular weight is 349 g/mol. The summed E-state index contributed by atoms with van der Waals surface area (Å²) in [4.78, 5) is 16.6. The number of urea groups is 1.